The van der Waals surface area contributed by atoms with Crippen molar-refractivity contribution in [2.24, 2.45) is 10.3 Å². The average Bonchev–Trinajstić information content (AvgIpc) is 1.83. The topological polar surface area (TPSA) is 282 Å². The van der Waals surface area contributed by atoms with Crippen molar-refractivity contribution in [1.82, 2.24) is 40.9 Å². The molecule has 0 aliphatic carbocycles. The zero-order valence-electron chi connectivity index (χ0n) is 45.9. The Kier molecular flexibility index (Phi) is 21.2. The van der Waals surface area contributed by atoms with Crippen LogP contribution in [0.25, 0.3) is 0 Å². The monoisotopic (exact) mass is 1210 g/mol. The van der Waals surface area contributed by atoms with E-state index in [0.29, 0.717) is 161 Å². The molecule has 4 atom stereocenters. The maximum atomic E-state index is 16.1. The zero-order valence-corrected chi connectivity index (χ0v) is 49.1. The molecule has 4 aliphatic heterocycles. The second kappa shape index (κ2) is 27.9. The number of carbonyl (C=O) groups is 2. The van der Waals surface area contributed by atoms with Crippen molar-refractivity contribution in [2.45, 2.75) is 72.2 Å². The number of urea groups is 2. The van der Waals surface area contributed by atoms with Gasteiger partial charge >= 0.3 is 12.1 Å². The van der Waals surface area contributed by atoms with Crippen LogP contribution in [0.15, 0.2) is 58.3 Å². The molecule has 26 heteroatoms. The van der Waals surface area contributed by atoms with E-state index in [-0.39, 0.29) is 71.1 Å². The Bertz CT molecular complexity index is 3120. The lowest BCUT2D eigenvalue weighted by atomic mass is 9.78. The molecular weight excluding hydrogens is 1140 g/mol. The fourth-order valence-corrected chi connectivity index (χ4v) is 14.2. The molecule has 4 heterocycles. The third-order valence-electron chi connectivity index (χ3n) is 15.7. The Morgan fingerprint density at radius 3 is 1.38 bits per heavy atom. The summed E-state index contributed by atoms with van der Waals surface area (Å²) in [6, 6.07) is 15.1. The lowest BCUT2D eigenvalue weighted by Gasteiger charge is -2.35. The molecule has 4 amide bonds. The van der Waals surface area contributed by atoms with Gasteiger partial charge in [0.15, 0.2) is 0 Å². The van der Waals surface area contributed by atoms with Gasteiger partial charge in [-0.3, -0.25) is 0 Å². The van der Waals surface area contributed by atoms with E-state index in [1.54, 1.807) is 24.3 Å². The van der Waals surface area contributed by atoms with E-state index in [0.717, 1.165) is 23.3 Å². The zero-order chi connectivity index (χ0) is 58.9. The van der Waals surface area contributed by atoms with Gasteiger partial charge in [0, 0.05) is 112 Å². The summed E-state index contributed by atoms with van der Waals surface area (Å²) in [5.41, 5.74) is 4.79. The molecule has 2 fully saturated rings. The van der Waals surface area contributed by atoms with Gasteiger partial charge in [0.1, 0.15) is 11.6 Å². The predicted octanol–water partition coefficient (Wildman–Crippen LogP) is 5.15. The number of hydrogen-bond donors (Lipinski definition) is 6. The number of hydrogen-bond acceptors (Lipinski definition) is 14. The fourth-order valence-electron chi connectivity index (χ4n) is 12.1. The van der Waals surface area contributed by atoms with E-state index >= 15 is 8.78 Å². The minimum atomic E-state index is -4.24. The number of benzene rings is 4. The Labute approximate surface area is 488 Å². The number of sulfonamides is 2. The third-order valence-corrected chi connectivity index (χ3v) is 18.1. The second-order valence-corrected chi connectivity index (χ2v) is 25.4. The molecule has 8 N–H and O–H groups in total. The van der Waals surface area contributed by atoms with Gasteiger partial charge in [-0.1, -0.05) is 23.2 Å². The van der Waals surface area contributed by atoms with Crippen LogP contribution in [-0.2, 0) is 42.6 Å². The van der Waals surface area contributed by atoms with E-state index in [2.05, 4.69) is 43.2 Å². The normalized spacial score (nSPS) is 19.7. The first-order valence-corrected chi connectivity index (χ1v) is 31.2. The molecule has 4 aliphatic rings. The molecule has 4 aromatic rings. The number of likely N-dealkylation sites (tertiary alicyclic amines) is 2. The third kappa shape index (κ3) is 15.4. The highest BCUT2D eigenvalue weighted by atomic mass is 35.5. The molecule has 20 nitrogen and oxygen atoms in total. The number of nitrogens with zero attached hydrogens (tertiary/aromatic N) is 6. The van der Waals surface area contributed by atoms with Crippen LogP contribution in [0, 0.1) is 34.3 Å². The number of primary sulfonamides is 2. The van der Waals surface area contributed by atoms with Crippen molar-refractivity contribution in [3.05, 3.63) is 126 Å². The lowest BCUT2D eigenvalue weighted by Crippen LogP contribution is -2.39. The van der Waals surface area contributed by atoms with Gasteiger partial charge in [-0.15, -0.1) is 0 Å². The summed E-state index contributed by atoms with van der Waals surface area (Å²) in [7, 11) is -4.74. The summed E-state index contributed by atoms with van der Waals surface area (Å²) in [5.74, 6) is -3.00. The minimum absolute atomic E-state index is 0.119. The molecule has 2 saturated heterocycles. The Morgan fingerprint density at radius 2 is 1.00 bits per heavy atom. The van der Waals surface area contributed by atoms with Gasteiger partial charge in [0.25, 0.3) is 0 Å². The smallest absolute Gasteiger partial charge is 0.314 e. The number of nitrogens with one attached hydrogen (secondary N) is 4. The number of nitriles is 2. The maximum Gasteiger partial charge on any atom is 0.314 e. The van der Waals surface area contributed by atoms with Crippen molar-refractivity contribution in [2.75, 3.05) is 119 Å². The number of ether oxygens (including phenoxy) is 2. The van der Waals surface area contributed by atoms with Crippen LogP contribution in [-0.4, -0.2) is 168 Å². The number of carbonyl (C=O) groups excluding carboxylic acids is 2. The number of amides is 4. The molecule has 0 bridgehead atoms. The Hall–Kier alpha value is -5.58. The van der Waals surface area contributed by atoms with Crippen molar-refractivity contribution in [3.8, 4) is 12.1 Å². The Balaban J connectivity index is 0.686. The van der Waals surface area contributed by atoms with Gasteiger partial charge in [0.2, 0.25) is 20.0 Å². The van der Waals surface area contributed by atoms with Crippen LogP contribution in [0.4, 0.5) is 18.4 Å². The van der Waals surface area contributed by atoms with Crippen LogP contribution in [0.2, 0.25) is 10.0 Å². The molecule has 82 heavy (non-hydrogen) atoms. The molecule has 4 aromatic carbocycles. The van der Waals surface area contributed by atoms with E-state index in [1.165, 1.54) is 12.1 Å². The van der Waals surface area contributed by atoms with Crippen LogP contribution >= 0.6 is 23.2 Å². The number of fused-ring (bicyclic) bond motifs is 2. The number of halogens is 4. The second-order valence-electron chi connectivity index (χ2n) is 21.5. The van der Waals surface area contributed by atoms with Crippen molar-refractivity contribution in [1.29, 1.82) is 10.5 Å². The maximum absolute atomic E-state index is 16.1. The first-order valence-electron chi connectivity index (χ1n) is 27.3. The highest BCUT2D eigenvalue weighted by Crippen LogP contribution is 2.46. The van der Waals surface area contributed by atoms with Crippen LogP contribution < -0.4 is 31.5 Å². The van der Waals surface area contributed by atoms with E-state index < -0.39 is 43.5 Å². The molecule has 0 aromatic heterocycles. The van der Waals surface area contributed by atoms with Crippen LogP contribution in [0.1, 0.15) is 105 Å². The quantitative estimate of drug-likeness (QED) is 0.0524. The summed E-state index contributed by atoms with van der Waals surface area (Å²) < 4.78 is 95.9. The van der Waals surface area contributed by atoms with E-state index in [9.17, 15) is 36.9 Å². The fraction of sp³-hybridized carbons (Fsp3) is 0.500. The summed E-state index contributed by atoms with van der Waals surface area (Å²) in [6.45, 7) is 7.31. The molecular formula is C56H70Cl2F2N12O8S2. The summed E-state index contributed by atoms with van der Waals surface area (Å²) in [4.78, 5) is 32.7. The van der Waals surface area contributed by atoms with Crippen LogP contribution in [0.3, 0.4) is 0 Å². The predicted molar refractivity (Wildman–Crippen MR) is 306 cm³/mol. The van der Waals surface area contributed by atoms with Gasteiger partial charge in [-0.05, 0) is 147 Å². The molecule has 0 saturated carbocycles. The lowest BCUT2D eigenvalue weighted by molar-refractivity contribution is 0.113. The van der Waals surface area contributed by atoms with Gasteiger partial charge < -0.3 is 50.3 Å². The number of unbranched alkanes of at least 4 members (excludes halogenated alkanes) is 1. The minimum Gasteiger partial charge on any atom is -0.378 e. The van der Waals surface area contributed by atoms with Gasteiger partial charge in [-0.25, -0.2) is 45.5 Å². The van der Waals surface area contributed by atoms with E-state index in [4.69, 9.17) is 43.0 Å². The number of nitrogens with two attached hydrogens (primary N) is 2. The van der Waals surface area contributed by atoms with Gasteiger partial charge in [0.05, 0.1) is 59.5 Å². The van der Waals surface area contributed by atoms with Crippen molar-refractivity contribution < 1.29 is 44.7 Å². The molecule has 0 spiro atoms. The van der Waals surface area contributed by atoms with Crippen molar-refractivity contribution >= 4 is 55.3 Å². The first-order chi connectivity index (χ1) is 39.1. The SMILES string of the molecule is CN1Cc2c(C#N)cc(Cl)cc2C(c2c(F)ccc(S(N)(=O)=O)c2[C@H]2CCN(CCOCCNC(=O)NCCCCNC(=O)NCCOCCN3CC[C@H](c4c(S(N)(=O)=O)ccc(F)c4C4CN(C)Cc5c(C#N)cc(Cl)cc54)C3)C2)C1. The standard InChI is InChI=1S/C56H70Cl2F2N12O8S2/c1-69-31-43-37(27-61)23-39(57)25-41(43)45(33-69)53-47(59)5-7-49(81(63,75)76)51(53)35-9-15-71(29-35)17-21-79-19-13-67-55(73)65-11-3-4-12-66-56(74)68-14-20-80-22-18-72-16-10-36(30-72)52-50(82(64,77)78)8-6-48(60)54(52)46-34-70(2)32-44-38(28-62)24-40(58)26-42(44)46/h5-8,23-26,35-36,45-46H,3-4,9-22,29-34H2,1-2H3,(H2,63,75,76)(H2,64,77,78)(H2,65,67,73)(H2,66,68,74)/t35-,36-,45?,46?/m0/s1. The summed E-state index contributed by atoms with van der Waals surface area (Å²) >= 11 is 12.9. The first kappa shape index (κ1) is 62.5. The number of likely N-dealkylation sites (N-methyl/N-ethyl adjacent to an activating group) is 2. The largest absolute Gasteiger partial charge is 0.378 e. The average molecular weight is 1210 g/mol. The highest BCUT2D eigenvalue weighted by molar-refractivity contribution is 7.89. The Morgan fingerprint density at radius 1 is 0.610 bits per heavy atom. The molecule has 8 rings (SSSR count). The molecule has 442 valence electrons. The van der Waals surface area contributed by atoms with E-state index in [1.807, 2.05) is 23.9 Å². The highest BCUT2D eigenvalue weighted by Gasteiger charge is 2.40. The molecule has 0 radical (unpaired) electrons. The van der Waals surface area contributed by atoms with Crippen LogP contribution in [0.5, 0.6) is 0 Å². The number of rotatable bonds is 23. The summed E-state index contributed by atoms with van der Waals surface area (Å²) in [6.07, 6.45) is 2.35. The molecule has 2 unspecified atom stereocenters. The summed E-state index contributed by atoms with van der Waals surface area (Å²) in [5, 5.41) is 43.1. The van der Waals surface area contributed by atoms with Gasteiger partial charge in [-0.2, -0.15) is 10.5 Å². The van der Waals surface area contributed by atoms with Crippen molar-refractivity contribution in [3.63, 3.8) is 0 Å².